The zero-order valence-corrected chi connectivity index (χ0v) is 8.26. The van der Waals surface area contributed by atoms with E-state index in [1.54, 1.807) is 19.3 Å². The first kappa shape index (κ1) is 8.96. The monoisotopic (exact) mass is 208 g/mol. The highest BCUT2D eigenvalue weighted by Crippen LogP contribution is 2.30. The summed E-state index contributed by atoms with van der Waals surface area (Å²) >= 11 is 1.31. The van der Waals surface area contributed by atoms with E-state index in [1.807, 2.05) is 0 Å². The molecule has 72 valence electrons. The van der Waals surface area contributed by atoms with Gasteiger partial charge in [0.2, 0.25) is 0 Å². The summed E-state index contributed by atoms with van der Waals surface area (Å²) in [5.74, 6) is -0.0421. The normalized spacial score (nSPS) is 10.4. The Morgan fingerprint density at radius 2 is 2.36 bits per heavy atom. The van der Waals surface area contributed by atoms with Gasteiger partial charge in [-0.2, -0.15) is 0 Å². The average Bonchev–Trinajstić information content (AvgIpc) is 2.62. The molecule has 2 aromatic rings. The van der Waals surface area contributed by atoms with Crippen molar-refractivity contribution in [2.24, 2.45) is 0 Å². The van der Waals surface area contributed by atoms with Gasteiger partial charge in [-0.3, -0.25) is 9.78 Å². The second kappa shape index (κ2) is 3.26. The highest BCUT2D eigenvalue weighted by Gasteiger charge is 2.10. The number of thiophene rings is 1. The van der Waals surface area contributed by atoms with Crippen LogP contribution < -0.4 is 5.32 Å². The van der Waals surface area contributed by atoms with Gasteiger partial charge in [0.25, 0.3) is 5.91 Å². The highest BCUT2D eigenvalue weighted by atomic mass is 32.1. The number of hydrogen-bond donors (Lipinski definition) is 2. The Labute approximate surface area is 84.2 Å². The summed E-state index contributed by atoms with van der Waals surface area (Å²) in [4.78, 5) is 15.7. The van der Waals surface area contributed by atoms with Crippen molar-refractivity contribution in [3.05, 3.63) is 23.3 Å². The molecule has 0 bridgehead atoms. The highest BCUT2D eigenvalue weighted by molar-refractivity contribution is 7.20. The Kier molecular flexibility index (Phi) is 2.09. The molecule has 0 saturated carbocycles. The molecule has 0 spiro atoms. The van der Waals surface area contributed by atoms with E-state index in [0.717, 1.165) is 4.70 Å². The van der Waals surface area contributed by atoms with Crippen LogP contribution in [-0.2, 0) is 0 Å². The van der Waals surface area contributed by atoms with Gasteiger partial charge >= 0.3 is 0 Å². The predicted octanol–water partition coefficient (Wildman–Crippen LogP) is 1.36. The summed E-state index contributed by atoms with van der Waals surface area (Å²) < 4.78 is 0.809. The van der Waals surface area contributed by atoms with Gasteiger partial charge in [0.15, 0.2) is 0 Å². The van der Waals surface area contributed by atoms with Crippen LogP contribution in [0.1, 0.15) is 9.67 Å². The van der Waals surface area contributed by atoms with Gasteiger partial charge in [-0.05, 0) is 6.07 Å². The molecule has 0 radical (unpaired) electrons. The minimum Gasteiger partial charge on any atom is -0.506 e. The third kappa shape index (κ3) is 1.31. The molecule has 0 fully saturated rings. The number of nitrogens with one attached hydrogen (secondary N) is 1. The fourth-order valence-corrected chi connectivity index (χ4v) is 2.18. The molecule has 0 aromatic carbocycles. The van der Waals surface area contributed by atoms with E-state index in [1.165, 1.54) is 17.5 Å². The molecule has 0 saturated heterocycles. The Morgan fingerprint density at radius 3 is 3.00 bits per heavy atom. The maximum absolute atomic E-state index is 11.3. The molecule has 0 atom stereocenters. The maximum Gasteiger partial charge on any atom is 0.261 e. The number of aromatic hydroxyl groups is 1. The van der Waals surface area contributed by atoms with Crippen LogP contribution in [0.5, 0.6) is 5.75 Å². The van der Waals surface area contributed by atoms with Crippen LogP contribution in [-0.4, -0.2) is 23.0 Å². The molecule has 4 nitrogen and oxygen atoms in total. The summed E-state index contributed by atoms with van der Waals surface area (Å²) in [6.45, 7) is 0. The van der Waals surface area contributed by atoms with E-state index in [4.69, 9.17) is 0 Å². The van der Waals surface area contributed by atoms with Crippen molar-refractivity contribution in [3.8, 4) is 5.75 Å². The molecule has 2 aromatic heterocycles. The molecular weight excluding hydrogens is 200 g/mol. The van der Waals surface area contributed by atoms with Gasteiger partial charge in [-0.15, -0.1) is 11.3 Å². The molecule has 1 amide bonds. The standard InChI is InChI=1S/C9H8N2O2S/c1-10-9(13)7-2-5-6(12)3-11-4-8(5)14-7/h2-4,12H,1H3,(H,10,13). The molecule has 0 aliphatic rings. The first-order chi connectivity index (χ1) is 6.72. The molecule has 2 N–H and O–H groups in total. The first-order valence-electron chi connectivity index (χ1n) is 4.01. The van der Waals surface area contributed by atoms with Crippen LogP contribution in [0.4, 0.5) is 0 Å². The minimum atomic E-state index is -0.148. The Morgan fingerprint density at radius 1 is 1.57 bits per heavy atom. The quantitative estimate of drug-likeness (QED) is 0.743. The van der Waals surface area contributed by atoms with E-state index in [9.17, 15) is 9.90 Å². The topological polar surface area (TPSA) is 62.2 Å². The number of carbonyl (C=O) groups excluding carboxylic acids is 1. The van der Waals surface area contributed by atoms with Gasteiger partial charge in [0.1, 0.15) is 5.75 Å². The summed E-state index contributed by atoms with van der Waals surface area (Å²) in [6, 6.07) is 1.66. The van der Waals surface area contributed by atoms with Crippen LogP contribution >= 0.6 is 11.3 Å². The van der Waals surface area contributed by atoms with E-state index >= 15 is 0 Å². The van der Waals surface area contributed by atoms with Crippen LogP contribution in [0, 0.1) is 0 Å². The average molecular weight is 208 g/mol. The summed E-state index contributed by atoms with van der Waals surface area (Å²) in [5, 5.41) is 12.7. The van der Waals surface area contributed by atoms with Crippen molar-refractivity contribution in [2.45, 2.75) is 0 Å². The molecule has 0 aliphatic heterocycles. The summed E-state index contributed by atoms with van der Waals surface area (Å²) in [7, 11) is 1.57. The molecular formula is C9H8N2O2S. The number of rotatable bonds is 1. The zero-order valence-electron chi connectivity index (χ0n) is 7.44. The fourth-order valence-electron chi connectivity index (χ4n) is 1.18. The molecule has 5 heteroatoms. The number of amides is 1. The largest absolute Gasteiger partial charge is 0.506 e. The predicted molar refractivity (Wildman–Crippen MR) is 54.7 cm³/mol. The number of fused-ring (bicyclic) bond motifs is 1. The van der Waals surface area contributed by atoms with Gasteiger partial charge in [-0.25, -0.2) is 0 Å². The van der Waals surface area contributed by atoms with Crippen molar-refractivity contribution in [2.75, 3.05) is 7.05 Å². The van der Waals surface area contributed by atoms with Gasteiger partial charge in [-0.1, -0.05) is 0 Å². The molecule has 0 unspecified atom stereocenters. The number of pyridine rings is 1. The smallest absolute Gasteiger partial charge is 0.261 e. The zero-order chi connectivity index (χ0) is 10.1. The Hall–Kier alpha value is -1.62. The second-order valence-electron chi connectivity index (χ2n) is 2.76. The third-order valence-corrected chi connectivity index (χ3v) is 2.94. The van der Waals surface area contributed by atoms with Gasteiger partial charge in [0.05, 0.1) is 15.8 Å². The van der Waals surface area contributed by atoms with Crippen LogP contribution in [0.25, 0.3) is 10.1 Å². The van der Waals surface area contributed by atoms with Crippen LogP contribution in [0.2, 0.25) is 0 Å². The van der Waals surface area contributed by atoms with Crippen LogP contribution in [0.3, 0.4) is 0 Å². The second-order valence-corrected chi connectivity index (χ2v) is 3.84. The number of aromatic nitrogens is 1. The van der Waals surface area contributed by atoms with Crippen molar-refractivity contribution >= 4 is 27.3 Å². The molecule has 2 rings (SSSR count). The number of nitrogens with zero attached hydrogens (tertiary/aromatic N) is 1. The fraction of sp³-hybridized carbons (Fsp3) is 0.111. The SMILES string of the molecule is CNC(=O)c1cc2c(O)cncc2s1. The van der Waals surface area contributed by atoms with Crippen molar-refractivity contribution in [1.82, 2.24) is 10.3 Å². The maximum atomic E-state index is 11.3. The van der Waals surface area contributed by atoms with Crippen molar-refractivity contribution < 1.29 is 9.90 Å². The summed E-state index contributed by atoms with van der Waals surface area (Å²) in [6.07, 6.45) is 2.99. The van der Waals surface area contributed by atoms with Crippen LogP contribution in [0.15, 0.2) is 18.5 Å². The summed E-state index contributed by atoms with van der Waals surface area (Å²) in [5.41, 5.74) is 0. The first-order valence-corrected chi connectivity index (χ1v) is 4.82. The van der Waals surface area contributed by atoms with Gasteiger partial charge in [0, 0.05) is 18.6 Å². The lowest BCUT2D eigenvalue weighted by Crippen LogP contribution is -2.15. The van der Waals surface area contributed by atoms with E-state index in [0.29, 0.717) is 10.3 Å². The van der Waals surface area contributed by atoms with E-state index in [2.05, 4.69) is 10.3 Å². The number of hydrogen-bond acceptors (Lipinski definition) is 4. The van der Waals surface area contributed by atoms with Crippen molar-refractivity contribution in [1.29, 1.82) is 0 Å². The Bertz CT molecular complexity index is 493. The van der Waals surface area contributed by atoms with Gasteiger partial charge < -0.3 is 10.4 Å². The van der Waals surface area contributed by atoms with Crippen molar-refractivity contribution in [3.63, 3.8) is 0 Å². The third-order valence-electron chi connectivity index (χ3n) is 1.88. The molecule has 0 aliphatic carbocycles. The van der Waals surface area contributed by atoms with E-state index in [-0.39, 0.29) is 11.7 Å². The Balaban J connectivity index is 2.62. The lowest BCUT2D eigenvalue weighted by atomic mass is 10.3. The lowest BCUT2D eigenvalue weighted by molar-refractivity contribution is 0.0967. The molecule has 2 heterocycles. The molecule has 14 heavy (non-hydrogen) atoms. The number of carbonyl (C=O) groups is 1. The lowest BCUT2D eigenvalue weighted by Gasteiger charge is -1.91. The van der Waals surface area contributed by atoms with E-state index < -0.39 is 0 Å². The minimum absolute atomic E-state index is 0.105.